The van der Waals surface area contributed by atoms with Gasteiger partial charge < -0.3 is 14.4 Å². The first-order valence-electron chi connectivity index (χ1n) is 10.2. The van der Waals surface area contributed by atoms with Crippen LogP contribution in [0.4, 0.5) is 5.82 Å². The van der Waals surface area contributed by atoms with Gasteiger partial charge in [0.1, 0.15) is 17.8 Å². The number of nitrogens with one attached hydrogen (secondary N) is 1. The Morgan fingerprint density at radius 2 is 1.84 bits per heavy atom. The van der Waals surface area contributed by atoms with Gasteiger partial charge in [-0.25, -0.2) is 19.9 Å². The minimum Gasteiger partial charge on any atom is -0.480 e. The molecule has 0 aliphatic carbocycles. The summed E-state index contributed by atoms with van der Waals surface area (Å²) < 4.78 is 10.9. The molecule has 9 heteroatoms. The van der Waals surface area contributed by atoms with Crippen LogP contribution in [0.5, 0.6) is 5.88 Å². The molecule has 3 aromatic heterocycles. The largest absolute Gasteiger partial charge is 0.480 e. The van der Waals surface area contributed by atoms with Gasteiger partial charge in [0.05, 0.1) is 48.6 Å². The number of fused-ring (bicyclic) bond motifs is 1. The fraction of sp³-hybridized carbons (Fsp3) is 0.318. The van der Waals surface area contributed by atoms with Gasteiger partial charge in [-0.1, -0.05) is 6.07 Å². The van der Waals surface area contributed by atoms with Crippen molar-refractivity contribution in [2.24, 2.45) is 0 Å². The quantitative estimate of drug-likeness (QED) is 0.540. The minimum atomic E-state index is 0.154. The molecule has 5 rings (SSSR count). The molecule has 2 atom stereocenters. The highest BCUT2D eigenvalue weighted by molar-refractivity contribution is 5.94. The number of methoxy groups -OCH3 is 1. The van der Waals surface area contributed by atoms with Crippen LogP contribution in [0.3, 0.4) is 0 Å². The van der Waals surface area contributed by atoms with E-state index in [2.05, 4.69) is 48.9 Å². The van der Waals surface area contributed by atoms with Gasteiger partial charge in [0, 0.05) is 30.1 Å². The first-order chi connectivity index (χ1) is 15.1. The number of nitrogens with zero attached hydrogens (tertiary/aromatic N) is 6. The van der Waals surface area contributed by atoms with E-state index in [0.29, 0.717) is 5.88 Å². The predicted molar refractivity (Wildman–Crippen MR) is 117 cm³/mol. The van der Waals surface area contributed by atoms with Crippen molar-refractivity contribution in [1.29, 1.82) is 0 Å². The molecule has 9 nitrogen and oxygen atoms in total. The van der Waals surface area contributed by atoms with Crippen LogP contribution in [0.2, 0.25) is 0 Å². The van der Waals surface area contributed by atoms with Gasteiger partial charge in [0.25, 0.3) is 0 Å². The summed E-state index contributed by atoms with van der Waals surface area (Å²) in [7, 11) is 1.57. The van der Waals surface area contributed by atoms with Crippen molar-refractivity contribution in [3.63, 3.8) is 0 Å². The lowest BCUT2D eigenvalue weighted by Crippen LogP contribution is -2.45. The van der Waals surface area contributed by atoms with Gasteiger partial charge in [-0.3, -0.25) is 5.10 Å². The molecule has 1 saturated heterocycles. The van der Waals surface area contributed by atoms with E-state index in [-0.39, 0.29) is 12.2 Å². The molecule has 0 spiro atoms. The second-order valence-corrected chi connectivity index (χ2v) is 7.70. The average molecular weight is 417 g/mol. The van der Waals surface area contributed by atoms with Crippen LogP contribution in [-0.4, -0.2) is 62.5 Å². The number of hydrogen-bond donors (Lipinski definition) is 1. The molecule has 1 aliphatic heterocycles. The van der Waals surface area contributed by atoms with Crippen LogP contribution in [0, 0.1) is 0 Å². The zero-order chi connectivity index (χ0) is 21.4. The van der Waals surface area contributed by atoms with Crippen LogP contribution < -0.4 is 9.64 Å². The van der Waals surface area contributed by atoms with Gasteiger partial charge in [0.15, 0.2) is 0 Å². The SMILES string of the molecule is COc1cnc(-c2ccc3[nH]nc(-c4cc(N5C[C@@H](C)O[C@@H](C)C5)ncn4)c3c2)cn1. The van der Waals surface area contributed by atoms with Gasteiger partial charge in [0.2, 0.25) is 5.88 Å². The van der Waals surface area contributed by atoms with Crippen molar-refractivity contribution in [3.05, 3.63) is 43.0 Å². The maximum Gasteiger partial charge on any atom is 0.232 e. The normalized spacial score (nSPS) is 19.0. The summed E-state index contributed by atoms with van der Waals surface area (Å²) in [5, 5.41) is 8.59. The third kappa shape index (κ3) is 3.79. The Labute approximate surface area is 179 Å². The smallest absolute Gasteiger partial charge is 0.232 e. The summed E-state index contributed by atoms with van der Waals surface area (Å²) >= 11 is 0. The Morgan fingerprint density at radius 3 is 2.58 bits per heavy atom. The molecule has 0 amide bonds. The standard InChI is InChI=1S/C22H23N7O2/c1-13-10-29(11-14(2)31-13)20-7-18(25-12-26-20)22-16-6-15(4-5-17(16)27-28-22)19-8-24-21(30-3)9-23-19/h4-9,12-14H,10-11H2,1-3H3,(H,27,28)/t13-,14+. The van der Waals surface area contributed by atoms with Gasteiger partial charge >= 0.3 is 0 Å². The van der Waals surface area contributed by atoms with E-state index >= 15 is 0 Å². The molecule has 4 heterocycles. The molecule has 0 bridgehead atoms. The first-order valence-corrected chi connectivity index (χ1v) is 10.2. The topological polar surface area (TPSA) is 102 Å². The van der Waals surface area contributed by atoms with E-state index in [0.717, 1.165) is 52.5 Å². The van der Waals surface area contributed by atoms with Crippen molar-refractivity contribution in [2.45, 2.75) is 26.1 Å². The molecule has 1 aliphatic rings. The molecular formula is C22H23N7O2. The highest BCUT2D eigenvalue weighted by atomic mass is 16.5. The lowest BCUT2D eigenvalue weighted by atomic mass is 10.1. The van der Waals surface area contributed by atoms with Crippen molar-refractivity contribution in [2.75, 3.05) is 25.1 Å². The predicted octanol–water partition coefficient (Wildman–Crippen LogP) is 3.10. The van der Waals surface area contributed by atoms with E-state index < -0.39 is 0 Å². The van der Waals surface area contributed by atoms with Gasteiger partial charge in [-0.05, 0) is 26.0 Å². The monoisotopic (exact) mass is 417 g/mol. The lowest BCUT2D eigenvalue weighted by molar-refractivity contribution is -0.00546. The number of aromatic amines is 1. The molecule has 0 saturated carbocycles. The lowest BCUT2D eigenvalue weighted by Gasteiger charge is -2.36. The number of anilines is 1. The van der Waals surface area contributed by atoms with Crippen LogP contribution in [0.1, 0.15) is 13.8 Å². The number of H-pyrrole nitrogens is 1. The van der Waals surface area contributed by atoms with Crippen molar-refractivity contribution in [1.82, 2.24) is 30.1 Å². The number of morpholine rings is 1. The summed E-state index contributed by atoms with van der Waals surface area (Å²) in [4.78, 5) is 19.9. The second kappa shape index (κ2) is 7.92. The molecule has 158 valence electrons. The van der Waals surface area contributed by atoms with E-state index in [1.54, 1.807) is 25.8 Å². The average Bonchev–Trinajstić information content (AvgIpc) is 3.22. The number of ether oxygens (including phenoxy) is 2. The Morgan fingerprint density at radius 1 is 1.00 bits per heavy atom. The summed E-state index contributed by atoms with van der Waals surface area (Å²) in [5.74, 6) is 1.36. The van der Waals surface area contributed by atoms with Crippen molar-refractivity contribution >= 4 is 16.7 Å². The van der Waals surface area contributed by atoms with Crippen molar-refractivity contribution < 1.29 is 9.47 Å². The molecule has 4 aromatic rings. The third-order valence-corrected chi connectivity index (χ3v) is 5.33. The minimum absolute atomic E-state index is 0.154. The Kier molecular flexibility index (Phi) is 4.95. The van der Waals surface area contributed by atoms with Crippen LogP contribution in [0.25, 0.3) is 33.5 Å². The van der Waals surface area contributed by atoms with Crippen LogP contribution in [0.15, 0.2) is 43.0 Å². The van der Waals surface area contributed by atoms with Gasteiger partial charge in [-0.15, -0.1) is 0 Å². The van der Waals surface area contributed by atoms with Crippen LogP contribution >= 0.6 is 0 Å². The summed E-state index contributed by atoms with van der Waals surface area (Å²) in [6, 6.07) is 8.01. The van der Waals surface area contributed by atoms with Crippen molar-refractivity contribution in [3.8, 4) is 28.5 Å². The van der Waals surface area contributed by atoms with E-state index in [1.807, 2.05) is 24.3 Å². The number of aromatic nitrogens is 6. The maximum atomic E-state index is 5.85. The van der Waals surface area contributed by atoms with Gasteiger partial charge in [-0.2, -0.15) is 5.10 Å². The zero-order valence-electron chi connectivity index (χ0n) is 17.6. The summed E-state index contributed by atoms with van der Waals surface area (Å²) in [6.07, 6.45) is 5.21. The zero-order valence-corrected chi connectivity index (χ0v) is 17.6. The summed E-state index contributed by atoms with van der Waals surface area (Å²) in [5.41, 5.74) is 4.16. The fourth-order valence-corrected chi connectivity index (χ4v) is 3.95. The Hall–Kier alpha value is -3.59. The number of hydrogen-bond acceptors (Lipinski definition) is 8. The molecular weight excluding hydrogens is 394 g/mol. The van der Waals surface area contributed by atoms with E-state index in [1.165, 1.54) is 0 Å². The number of benzene rings is 1. The Bertz CT molecular complexity index is 1200. The highest BCUT2D eigenvalue weighted by Gasteiger charge is 2.24. The molecule has 1 N–H and O–H groups in total. The molecule has 1 fully saturated rings. The molecule has 0 radical (unpaired) electrons. The van der Waals surface area contributed by atoms with E-state index in [4.69, 9.17) is 9.47 Å². The molecule has 1 aromatic carbocycles. The maximum absolute atomic E-state index is 5.85. The highest BCUT2D eigenvalue weighted by Crippen LogP contribution is 2.30. The Balaban J connectivity index is 1.51. The third-order valence-electron chi connectivity index (χ3n) is 5.33. The molecule has 31 heavy (non-hydrogen) atoms. The fourth-order valence-electron chi connectivity index (χ4n) is 3.95. The first kappa shape index (κ1) is 19.4. The molecule has 0 unspecified atom stereocenters. The summed E-state index contributed by atoms with van der Waals surface area (Å²) in [6.45, 7) is 5.75. The van der Waals surface area contributed by atoms with E-state index in [9.17, 15) is 0 Å². The number of rotatable bonds is 4. The van der Waals surface area contributed by atoms with Crippen LogP contribution in [-0.2, 0) is 4.74 Å². The second-order valence-electron chi connectivity index (χ2n) is 7.70.